The molecular weight excluding hydrogens is 290 g/mol. The minimum atomic E-state index is 0.0740. The topological polar surface area (TPSA) is 63.9 Å². The summed E-state index contributed by atoms with van der Waals surface area (Å²) in [5.74, 6) is 0.194. The van der Waals surface area contributed by atoms with Crippen LogP contribution in [-0.2, 0) is 18.3 Å². The van der Waals surface area contributed by atoms with Crippen LogP contribution < -0.4 is 0 Å². The first-order valence-electron chi connectivity index (χ1n) is 8.11. The standard InChI is InChI=1S/C17H23N5O/c1-12-9-18-10-15(19-12)16-5-4-8-22(16)17(23)7-6-14-11-21(3)20-13(14)2/h9-11,16H,4-8H2,1-3H3/t16-/m1/s1. The second-order valence-corrected chi connectivity index (χ2v) is 6.24. The van der Waals surface area contributed by atoms with Crippen LogP contribution in [0.15, 0.2) is 18.6 Å². The summed E-state index contributed by atoms with van der Waals surface area (Å²) in [6.45, 7) is 4.73. The van der Waals surface area contributed by atoms with Crippen LogP contribution in [0.3, 0.4) is 0 Å². The van der Waals surface area contributed by atoms with Gasteiger partial charge in [0, 0.05) is 32.4 Å². The number of aryl methyl sites for hydroxylation is 4. The van der Waals surface area contributed by atoms with Gasteiger partial charge in [-0.3, -0.25) is 19.4 Å². The van der Waals surface area contributed by atoms with E-state index >= 15 is 0 Å². The van der Waals surface area contributed by atoms with Gasteiger partial charge in [-0.2, -0.15) is 5.10 Å². The number of rotatable bonds is 4. The van der Waals surface area contributed by atoms with Gasteiger partial charge in [0.05, 0.1) is 29.3 Å². The lowest BCUT2D eigenvalue weighted by Crippen LogP contribution is -2.31. The fourth-order valence-corrected chi connectivity index (χ4v) is 3.30. The molecule has 1 aliphatic heterocycles. The lowest BCUT2D eigenvalue weighted by Gasteiger charge is -2.24. The molecule has 0 aliphatic carbocycles. The van der Waals surface area contributed by atoms with Crippen molar-refractivity contribution in [1.29, 1.82) is 0 Å². The number of nitrogens with zero attached hydrogens (tertiary/aromatic N) is 5. The Morgan fingerprint density at radius 1 is 1.35 bits per heavy atom. The van der Waals surface area contributed by atoms with Crippen molar-refractivity contribution in [3.63, 3.8) is 0 Å². The van der Waals surface area contributed by atoms with Crippen LogP contribution in [0.5, 0.6) is 0 Å². The molecule has 0 spiro atoms. The summed E-state index contributed by atoms with van der Waals surface area (Å²) >= 11 is 0. The van der Waals surface area contributed by atoms with E-state index in [0.717, 1.165) is 48.5 Å². The van der Waals surface area contributed by atoms with Gasteiger partial charge in [0.1, 0.15) is 0 Å². The van der Waals surface area contributed by atoms with E-state index in [1.54, 1.807) is 17.1 Å². The Bertz CT molecular complexity index is 709. The first-order chi connectivity index (χ1) is 11.0. The third-order valence-electron chi connectivity index (χ3n) is 4.41. The van der Waals surface area contributed by atoms with E-state index in [4.69, 9.17) is 0 Å². The van der Waals surface area contributed by atoms with Crippen LogP contribution in [0.4, 0.5) is 0 Å². The highest BCUT2D eigenvalue weighted by atomic mass is 16.2. The van der Waals surface area contributed by atoms with Gasteiger partial charge in [0.2, 0.25) is 5.91 Å². The fraction of sp³-hybridized carbons (Fsp3) is 0.529. The predicted octanol–water partition coefficient (Wildman–Crippen LogP) is 2.12. The molecule has 3 heterocycles. The van der Waals surface area contributed by atoms with Gasteiger partial charge in [-0.25, -0.2) is 0 Å². The quantitative estimate of drug-likeness (QED) is 0.867. The third-order valence-corrected chi connectivity index (χ3v) is 4.41. The summed E-state index contributed by atoms with van der Waals surface area (Å²) in [6, 6.07) is 0.0740. The normalized spacial score (nSPS) is 17.7. The maximum atomic E-state index is 12.7. The van der Waals surface area contributed by atoms with E-state index in [1.165, 1.54) is 0 Å². The van der Waals surface area contributed by atoms with E-state index in [9.17, 15) is 4.79 Å². The summed E-state index contributed by atoms with van der Waals surface area (Å²) in [5, 5.41) is 4.33. The Morgan fingerprint density at radius 2 is 2.17 bits per heavy atom. The second-order valence-electron chi connectivity index (χ2n) is 6.24. The SMILES string of the molecule is Cc1cncc([C@H]2CCCN2C(=O)CCc2cn(C)nc2C)n1. The summed E-state index contributed by atoms with van der Waals surface area (Å²) in [6.07, 6.45) is 8.78. The first-order valence-corrected chi connectivity index (χ1v) is 8.11. The zero-order valence-electron chi connectivity index (χ0n) is 14.0. The molecule has 2 aromatic rings. The molecule has 6 heteroatoms. The smallest absolute Gasteiger partial charge is 0.223 e. The predicted molar refractivity (Wildman–Crippen MR) is 86.7 cm³/mol. The van der Waals surface area contributed by atoms with Crippen molar-refractivity contribution in [1.82, 2.24) is 24.6 Å². The van der Waals surface area contributed by atoms with Crippen LogP contribution >= 0.6 is 0 Å². The number of amides is 1. The van der Waals surface area contributed by atoms with Crippen molar-refractivity contribution in [2.75, 3.05) is 6.54 Å². The largest absolute Gasteiger partial charge is 0.334 e. The zero-order chi connectivity index (χ0) is 16.4. The molecule has 0 saturated carbocycles. The van der Waals surface area contributed by atoms with Crippen LogP contribution in [0.1, 0.15) is 47.9 Å². The Labute approximate surface area is 136 Å². The van der Waals surface area contributed by atoms with Crippen molar-refractivity contribution in [3.05, 3.63) is 41.2 Å². The van der Waals surface area contributed by atoms with E-state index < -0.39 is 0 Å². The van der Waals surface area contributed by atoms with Gasteiger partial charge in [0.25, 0.3) is 0 Å². The molecular formula is C17H23N5O. The maximum absolute atomic E-state index is 12.7. The maximum Gasteiger partial charge on any atom is 0.223 e. The lowest BCUT2D eigenvalue weighted by atomic mass is 10.1. The van der Waals surface area contributed by atoms with Crippen molar-refractivity contribution in [3.8, 4) is 0 Å². The molecule has 6 nitrogen and oxygen atoms in total. The molecule has 1 atom stereocenters. The average Bonchev–Trinajstić information content (AvgIpc) is 3.11. The van der Waals surface area contributed by atoms with Crippen LogP contribution in [0, 0.1) is 13.8 Å². The monoisotopic (exact) mass is 313 g/mol. The number of hydrogen-bond acceptors (Lipinski definition) is 4. The van der Waals surface area contributed by atoms with E-state index in [2.05, 4.69) is 15.1 Å². The number of aromatic nitrogens is 4. The minimum Gasteiger partial charge on any atom is -0.334 e. The summed E-state index contributed by atoms with van der Waals surface area (Å²) in [5.41, 5.74) is 3.95. The van der Waals surface area contributed by atoms with Gasteiger partial charge < -0.3 is 4.90 Å². The molecule has 1 amide bonds. The van der Waals surface area contributed by atoms with Gasteiger partial charge in [0.15, 0.2) is 0 Å². The Balaban J connectivity index is 1.67. The third kappa shape index (κ3) is 3.41. The van der Waals surface area contributed by atoms with Gasteiger partial charge in [-0.15, -0.1) is 0 Å². The molecule has 0 aromatic carbocycles. The molecule has 0 unspecified atom stereocenters. The highest BCUT2D eigenvalue weighted by Crippen LogP contribution is 2.31. The number of carbonyl (C=O) groups excluding carboxylic acids is 1. The van der Waals surface area contributed by atoms with Crippen LogP contribution in [0.25, 0.3) is 0 Å². The second kappa shape index (κ2) is 6.48. The molecule has 0 radical (unpaired) electrons. The summed E-state index contributed by atoms with van der Waals surface area (Å²) < 4.78 is 1.80. The highest BCUT2D eigenvalue weighted by Gasteiger charge is 2.30. The van der Waals surface area contributed by atoms with Gasteiger partial charge in [-0.05, 0) is 38.7 Å². The number of hydrogen-bond donors (Lipinski definition) is 0. The molecule has 2 aromatic heterocycles. The Morgan fingerprint density at radius 3 is 2.87 bits per heavy atom. The van der Waals surface area contributed by atoms with E-state index in [1.807, 2.05) is 32.0 Å². The van der Waals surface area contributed by atoms with Gasteiger partial charge in [-0.1, -0.05) is 0 Å². The zero-order valence-corrected chi connectivity index (χ0v) is 14.0. The molecule has 1 saturated heterocycles. The van der Waals surface area contributed by atoms with Gasteiger partial charge >= 0.3 is 0 Å². The van der Waals surface area contributed by atoms with Crippen LogP contribution in [0.2, 0.25) is 0 Å². The lowest BCUT2D eigenvalue weighted by molar-refractivity contribution is -0.132. The molecule has 1 aliphatic rings. The first kappa shape index (κ1) is 15.6. The molecule has 0 N–H and O–H groups in total. The molecule has 23 heavy (non-hydrogen) atoms. The molecule has 3 rings (SSSR count). The number of carbonyl (C=O) groups is 1. The fourth-order valence-electron chi connectivity index (χ4n) is 3.30. The van der Waals surface area contributed by atoms with Crippen molar-refractivity contribution >= 4 is 5.91 Å². The van der Waals surface area contributed by atoms with E-state index in [0.29, 0.717) is 6.42 Å². The molecule has 122 valence electrons. The summed E-state index contributed by atoms with van der Waals surface area (Å²) in [7, 11) is 1.91. The van der Waals surface area contributed by atoms with Crippen LogP contribution in [-0.4, -0.2) is 37.1 Å². The molecule has 0 bridgehead atoms. The minimum absolute atomic E-state index is 0.0740. The number of likely N-dealkylation sites (tertiary alicyclic amines) is 1. The average molecular weight is 313 g/mol. The van der Waals surface area contributed by atoms with Crippen molar-refractivity contribution in [2.45, 2.75) is 45.6 Å². The highest BCUT2D eigenvalue weighted by molar-refractivity contribution is 5.77. The van der Waals surface area contributed by atoms with Crippen molar-refractivity contribution < 1.29 is 4.79 Å². The van der Waals surface area contributed by atoms with Crippen molar-refractivity contribution in [2.24, 2.45) is 7.05 Å². The summed E-state index contributed by atoms with van der Waals surface area (Å²) in [4.78, 5) is 23.4. The molecule has 1 fully saturated rings. The van der Waals surface area contributed by atoms with E-state index in [-0.39, 0.29) is 11.9 Å². The Hall–Kier alpha value is -2.24. The Kier molecular flexibility index (Phi) is 4.41.